The zero-order valence-corrected chi connectivity index (χ0v) is 14.8. The fourth-order valence-electron chi connectivity index (χ4n) is 2.01. The molecule has 0 aliphatic heterocycles. The van der Waals surface area contributed by atoms with Gasteiger partial charge in [-0.3, -0.25) is 4.79 Å². The van der Waals surface area contributed by atoms with Crippen LogP contribution in [0.15, 0.2) is 4.52 Å². The number of aromatic nitrogens is 2. The number of amides is 3. The maximum Gasteiger partial charge on any atom is 0.328 e. The average molecular weight is 388 g/mol. The third-order valence-corrected chi connectivity index (χ3v) is 3.59. The molecule has 1 heterocycles. The van der Waals surface area contributed by atoms with E-state index in [1.807, 2.05) is 0 Å². The summed E-state index contributed by atoms with van der Waals surface area (Å²) in [5.74, 6) is -2.20. The van der Waals surface area contributed by atoms with Crippen LogP contribution in [0, 0.1) is 0 Å². The van der Waals surface area contributed by atoms with Crippen LogP contribution in [0.2, 0.25) is 0 Å². The predicted molar refractivity (Wildman–Crippen MR) is 88.8 cm³/mol. The van der Waals surface area contributed by atoms with E-state index in [2.05, 4.69) is 20.8 Å². The number of urea groups is 1. The van der Waals surface area contributed by atoms with Gasteiger partial charge in [-0.15, -0.1) is 0 Å². The molecule has 9 N–H and O–H groups in total. The number of primary amides is 1. The van der Waals surface area contributed by atoms with Gasteiger partial charge in [-0.1, -0.05) is 5.16 Å². The highest BCUT2D eigenvalue weighted by molar-refractivity contribution is 5.83. The SMILES string of the molecule is CC(O)C(NC(=O)NC(CCC(N)=O)c1nc(C(N)C(C)O)no1)C(=O)O. The number of hydrogen-bond donors (Lipinski definition) is 7. The van der Waals surface area contributed by atoms with Crippen LogP contribution in [0.5, 0.6) is 0 Å². The fraction of sp³-hybridized carbons (Fsp3) is 0.643. The van der Waals surface area contributed by atoms with E-state index >= 15 is 0 Å². The number of nitrogens with zero attached hydrogens (tertiary/aromatic N) is 2. The third-order valence-electron chi connectivity index (χ3n) is 3.59. The van der Waals surface area contributed by atoms with Gasteiger partial charge in [-0.25, -0.2) is 9.59 Å². The van der Waals surface area contributed by atoms with Gasteiger partial charge >= 0.3 is 12.0 Å². The van der Waals surface area contributed by atoms with Crippen LogP contribution in [0.4, 0.5) is 4.79 Å². The molecule has 0 bridgehead atoms. The van der Waals surface area contributed by atoms with Crippen molar-refractivity contribution < 1.29 is 34.2 Å². The van der Waals surface area contributed by atoms with E-state index < -0.39 is 48.2 Å². The van der Waals surface area contributed by atoms with Crippen LogP contribution in [0.3, 0.4) is 0 Å². The molecule has 1 rings (SSSR count). The Morgan fingerprint density at radius 3 is 2.30 bits per heavy atom. The summed E-state index contributed by atoms with van der Waals surface area (Å²) < 4.78 is 5.02. The molecule has 1 aromatic rings. The number of rotatable bonds is 10. The van der Waals surface area contributed by atoms with Gasteiger partial charge < -0.3 is 41.9 Å². The minimum atomic E-state index is -1.55. The van der Waals surface area contributed by atoms with Crippen molar-refractivity contribution in [1.29, 1.82) is 0 Å². The normalized spacial score (nSPS) is 16.6. The number of aliphatic carboxylic acids is 1. The summed E-state index contributed by atoms with van der Waals surface area (Å²) in [6.45, 7) is 2.63. The standard InChI is InChI=1S/C14H24N6O7/c1-5(21)9(16)11-19-12(27-20-11)7(3-4-8(15)23)17-14(26)18-10(6(2)22)13(24)25/h5-7,9-10,21-22H,3-4,16H2,1-2H3,(H2,15,23)(H,24,25)(H2,17,18,26). The lowest BCUT2D eigenvalue weighted by Crippen LogP contribution is -2.51. The van der Waals surface area contributed by atoms with Crippen molar-refractivity contribution in [3.05, 3.63) is 11.7 Å². The monoisotopic (exact) mass is 388 g/mol. The summed E-state index contributed by atoms with van der Waals surface area (Å²) in [6.07, 6.45) is -2.46. The second-order valence-electron chi connectivity index (χ2n) is 5.99. The number of carboxylic acid groups (broad SMARTS) is 1. The Balaban J connectivity index is 2.93. The molecule has 152 valence electrons. The third kappa shape index (κ3) is 6.80. The number of aliphatic hydroxyl groups excluding tert-OH is 2. The Hall–Kier alpha value is -2.77. The van der Waals surface area contributed by atoms with Crippen molar-refractivity contribution in [2.24, 2.45) is 11.5 Å². The van der Waals surface area contributed by atoms with E-state index in [4.69, 9.17) is 21.1 Å². The Kier molecular flexibility index (Phi) is 8.08. The van der Waals surface area contributed by atoms with Crippen molar-refractivity contribution in [3.8, 4) is 0 Å². The predicted octanol–water partition coefficient (Wildman–Crippen LogP) is -2.11. The summed E-state index contributed by atoms with van der Waals surface area (Å²) in [5.41, 5.74) is 10.8. The first-order chi connectivity index (χ1) is 12.5. The molecule has 1 aromatic heterocycles. The van der Waals surface area contributed by atoms with Crippen molar-refractivity contribution in [1.82, 2.24) is 20.8 Å². The lowest BCUT2D eigenvalue weighted by Gasteiger charge is -2.20. The van der Waals surface area contributed by atoms with Crippen LogP contribution < -0.4 is 22.1 Å². The first-order valence-corrected chi connectivity index (χ1v) is 8.06. The van der Waals surface area contributed by atoms with Crippen molar-refractivity contribution in [2.45, 2.75) is 57.0 Å². The van der Waals surface area contributed by atoms with Crippen LogP contribution in [0.25, 0.3) is 0 Å². The first kappa shape index (κ1) is 22.3. The summed E-state index contributed by atoms with van der Waals surface area (Å²) in [6, 6.07) is -4.41. The maximum atomic E-state index is 12.1. The molecule has 13 heteroatoms. The highest BCUT2D eigenvalue weighted by Gasteiger charge is 2.28. The van der Waals surface area contributed by atoms with Crippen LogP contribution in [-0.4, -0.2) is 61.6 Å². The number of carbonyl (C=O) groups is 3. The van der Waals surface area contributed by atoms with Crippen molar-refractivity contribution in [2.75, 3.05) is 0 Å². The summed E-state index contributed by atoms with van der Waals surface area (Å²) >= 11 is 0. The Morgan fingerprint density at radius 1 is 1.19 bits per heavy atom. The highest BCUT2D eigenvalue weighted by Crippen LogP contribution is 2.19. The van der Waals surface area contributed by atoms with Gasteiger partial charge in [-0.2, -0.15) is 4.98 Å². The van der Waals surface area contributed by atoms with Gasteiger partial charge in [0.1, 0.15) is 6.04 Å². The van der Waals surface area contributed by atoms with E-state index in [-0.39, 0.29) is 24.6 Å². The van der Waals surface area contributed by atoms with Gasteiger partial charge in [0.2, 0.25) is 11.8 Å². The van der Waals surface area contributed by atoms with E-state index in [0.717, 1.165) is 0 Å². The Labute approximate surface area is 154 Å². The lowest BCUT2D eigenvalue weighted by atomic mass is 10.1. The molecule has 0 saturated heterocycles. The fourth-order valence-corrected chi connectivity index (χ4v) is 2.01. The van der Waals surface area contributed by atoms with E-state index in [1.54, 1.807) is 0 Å². The lowest BCUT2D eigenvalue weighted by molar-refractivity contribution is -0.141. The summed E-state index contributed by atoms with van der Waals surface area (Å²) in [5, 5.41) is 36.0. The van der Waals surface area contributed by atoms with Gasteiger partial charge in [0, 0.05) is 6.42 Å². The van der Waals surface area contributed by atoms with E-state index in [1.165, 1.54) is 13.8 Å². The molecule has 0 spiro atoms. The largest absolute Gasteiger partial charge is 0.480 e. The van der Waals surface area contributed by atoms with Crippen molar-refractivity contribution in [3.63, 3.8) is 0 Å². The van der Waals surface area contributed by atoms with Gasteiger partial charge in [0.15, 0.2) is 11.9 Å². The molecule has 0 aliphatic rings. The summed E-state index contributed by atoms with van der Waals surface area (Å²) in [7, 11) is 0. The quantitative estimate of drug-likeness (QED) is 0.231. The number of hydrogen-bond acceptors (Lipinski definition) is 9. The van der Waals surface area contributed by atoms with Crippen LogP contribution >= 0.6 is 0 Å². The zero-order valence-electron chi connectivity index (χ0n) is 14.8. The molecule has 5 unspecified atom stereocenters. The molecule has 0 aromatic carbocycles. The Morgan fingerprint density at radius 2 is 1.81 bits per heavy atom. The van der Waals surface area contributed by atoms with Crippen LogP contribution in [-0.2, 0) is 9.59 Å². The minimum Gasteiger partial charge on any atom is -0.480 e. The highest BCUT2D eigenvalue weighted by atomic mass is 16.5. The second kappa shape index (κ2) is 9.80. The summed E-state index contributed by atoms with van der Waals surface area (Å²) in [4.78, 5) is 38.2. The van der Waals surface area contributed by atoms with Crippen LogP contribution in [0.1, 0.15) is 50.5 Å². The molecule has 0 radical (unpaired) electrons. The smallest absolute Gasteiger partial charge is 0.328 e. The van der Waals surface area contributed by atoms with Gasteiger partial charge in [0.25, 0.3) is 0 Å². The molecule has 3 amide bonds. The number of nitrogens with one attached hydrogen (secondary N) is 2. The minimum absolute atomic E-state index is 0.0132. The molecule has 0 aliphatic carbocycles. The molecule has 27 heavy (non-hydrogen) atoms. The first-order valence-electron chi connectivity index (χ1n) is 8.06. The zero-order chi connectivity index (χ0) is 20.7. The maximum absolute atomic E-state index is 12.1. The number of carboxylic acids is 1. The Bertz CT molecular complexity index is 662. The molecular formula is C14H24N6O7. The number of aliphatic hydroxyl groups is 2. The second-order valence-corrected chi connectivity index (χ2v) is 5.99. The molecule has 13 nitrogen and oxygen atoms in total. The van der Waals surface area contributed by atoms with Gasteiger partial charge in [0.05, 0.1) is 18.2 Å². The molecule has 0 fully saturated rings. The number of nitrogens with two attached hydrogens (primary N) is 2. The topological polar surface area (TPSA) is 227 Å². The molecule has 5 atom stereocenters. The van der Waals surface area contributed by atoms with Gasteiger partial charge in [-0.05, 0) is 20.3 Å². The average Bonchev–Trinajstić information content (AvgIpc) is 3.04. The number of carbonyl (C=O) groups excluding carboxylic acids is 2. The molecule has 0 saturated carbocycles. The van der Waals surface area contributed by atoms with E-state index in [9.17, 15) is 24.6 Å². The molecular weight excluding hydrogens is 364 g/mol. The van der Waals surface area contributed by atoms with E-state index in [0.29, 0.717) is 0 Å². The van der Waals surface area contributed by atoms with Crippen molar-refractivity contribution >= 4 is 17.9 Å².